The van der Waals surface area contributed by atoms with E-state index in [1.54, 1.807) is 49.9 Å². The van der Waals surface area contributed by atoms with Gasteiger partial charge in [-0.3, -0.25) is 9.69 Å². The van der Waals surface area contributed by atoms with Crippen LogP contribution in [-0.2, 0) is 9.53 Å². The molecule has 0 aliphatic carbocycles. The summed E-state index contributed by atoms with van der Waals surface area (Å²) in [5, 5.41) is 12.3. The predicted octanol–water partition coefficient (Wildman–Crippen LogP) is 2.03. The van der Waals surface area contributed by atoms with E-state index < -0.39 is 23.7 Å². The first kappa shape index (κ1) is 18.1. The second kappa shape index (κ2) is 7.09. The summed E-state index contributed by atoms with van der Waals surface area (Å²) in [7, 11) is 1.51. The van der Waals surface area contributed by atoms with E-state index in [2.05, 4.69) is 5.32 Å². The minimum Gasteiger partial charge on any atom is -0.496 e. The number of ether oxygens (including phenoxy) is 2. The highest BCUT2D eigenvalue weighted by molar-refractivity contribution is 5.77. The number of carboxylic acids is 1. The molecule has 0 radical (unpaired) electrons. The third kappa shape index (κ3) is 4.38. The van der Waals surface area contributed by atoms with Crippen molar-refractivity contribution in [3.63, 3.8) is 0 Å². The molecular formula is C17H24N2O5. The Labute approximate surface area is 141 Å². The highest BCUT2D eigenvalue weighted by Crippen LogP contribution is 2.32. The molecule has 1 unspecified atom stereocenters. The summed E-state index contributed by atoms with van der Waals surface area (Å²) in [6.45, 7) is 6.26. The molecule has 1 aromatic rings. The number of hydrogen-bond donors (Lipinski definition) is 2. The van der Waals surface area contributed by atoms with Crippen molar-refractivity contribution in [2.45, 2.75) is 38.5 Å². The lowest BCUT2D eigenvalue weighted by Crippen LogP contribution is -2.61. The minimum atomic E-state index is -0.949. The predicted molar refractivity (Wildman–Crippen MR) is 88.1 cm³/mol. The molecule has 0 bridgehead atoms. The number of nitrogens with one attached hydrogen (secondary N) is 1. The maximum atomic E-state index is 11.8. The third-order valence-corrected chi connectivity index (χ3v) is 3.66. The van der Waals surface area contributed by atoms with Gasteiger partial charge in [-0.05, 0) is 26.8 Å². The van der Waals surface area contributed by atoms with Gasteiger partial charge in [0.1, 0.15) is 17.4 Å². The lowest BCUT2D eigenvalue weighted by Gasteiger charge is -2.43. The van der Waals surface area contributed by atoms with Gasteiger partial charge in [0.2, 0.25) is 0 Å². The average molecular weight is 336 g/mol. The van der Waals surface area contributed by atoms with Crippen LogP contribution in [0.5, 0.6) is 5.75 Å². The van der Waals surface area contributed by atoms with Gasteiger partial charge in [-0.15, -0.1) is 0 Å². The average Bonchev–Trinajstić information content (AvgIpc) is 2.43. The summed E-state index contributed by atoms with van der Waals surface area (Å²) in [5.74, 6) is -0.413. The van der Waals surface area contributed by atoms with Crippen LogP contribution in [0.15, 0.2) is 24.3 Å². The topological polar surface area (TPSA) is 88.1 Å². The van der Waals surface area contributed by atoms with E-state index >= 15 is 0 Å². The number of alkyl carbamates (subject to hydrolysis) is 1. The van der Waals surface area contributed by atoms with Crippen LogP contribution in [0.1, 0.15) is 32.4 Å². The van der Waals surface area contributed by atoms with Crippen LogP contribution in [0.25, 0.3) is 0 Å². The van der Waals surface area contributed by atoms with Crippen molar-refractivity contribution in [2.24, 2.45) is 0 Å². The normalized spacial score (nSPS) is 16.8. The van der Waals surface area contributed by atoms with Crippen LogP contribution in [0.4, 0.5) is 4.79 Å². The highest BCUT2D eigenvalue weighted by Gasteiger charge is 2.39. The van der Waals surface area contributed by atoms with Gasteiger partial charge >= 0.3 is 12.1 Å². The number of carbonyl (C=O) groups is 2. The SMILES string of the molecule is COc1ccccc1C(C(=O)O)N1CC(NC(=O)OC(C)(C)C)C1. The van der Waals surface area contributed by atoms with Crippen LogP contribution in [0.2, 0.25) is 0 Å². The van der Waals surface area contributed by atoms with Crippen molar-refractivity contribution in [1.82, 2.24) is 10.2 Å². The van der Waals surface area contributed by atoms with Crippen molar-refractivity contribution in [2.75, 3.05) is 20.2 Å². The molecule has 24 heavy (non-hydrogen) atoms. The number of carbonyl (C=O) groups excluding carboxylic acids is 1. The molecule has 1 atom stereocenters. The number of methoxy groups -OCH3 is 1. The summed E-state index contributed by atoms with van der Waals surface area (Å²) in [6, 6.07) is 6.12. The highest BCUT2D eigenvalue weighted by atomic mass is 16.6. The molecule has 1 aromatic carbocycles. The largest absolute Gasteiger partial charge is 0.496 e. The number of nitrogens with zero attached hydrogens (tertiary/aromatic N) is 1. The monoisotopic (exact) mass is 336 g/mol. The first-order valence-corrected chi connectivity index (χ1v) is 7.80. The molecule has 1 saturated heterocycles. The van der Waals surface area contributed by atoms with E-state index in [0.29, 0.717) is 24.4 Å². The fourth-order valence-corrected chi connectivity index (χ4v) is 2.67. The Morgan fingerprint density at radius 2 is 1.92 bits per heavy atom. The molecular weight excluding hydrogens is 312 g/mol. The van der Waals surface area contributed by atoms with E-state index in [-0.39, 0.29) is 6.04 Å². The van der Waals surface area contributed by atoms with Crippen LogP contribution in [0.3, 0.4) is 0 Å². The standard InChI is InChI=1S/C17H24N2O5/c1-17(2,3)24-16(22)18-11-9-19(10-11)14(15(20)21)12-7-5-6-8-13(12)23-4/h5-8,11,14H,9-10H2,1-4H3,(H,18,22)(H,20,21). The quantitative estimate of drug-likeness (QED) is 0.855. The zero-order chi connectivity index (χ0) is 17.9. The Balaban J connectivity index is 1.99. The second-order valence-electron chi connectivity index (χ2n) is 6.78. The van der Waals surface area contributed by atoms with Gasteiger partial charge in [-0.25, -0.2) is 4.79 Å². The van der Waals surface area contributed by atoms with Gasteiger partial charge in [0, 0.05) is 18.7 Å². The molecule has 0 spiro atoms. The fraction of sp³-hybridized carbons (Fsp3) is 0.529. The molecule has 1 aliphatic heterocycles. The first-order valence-electron chi connectivity index (χ1n) is 7.80. The molecule has 1 aliphatic rings. The van der Waals surface area contributed by atoms with Crippen molar-refractivity contribution < 1.29 is 24.2 Å². The minimum absolute atomic E-state index is 0.128. The third-order valence-electron chi connectivity index (χ3n) is 3.66. The zero-order valence-electron chi connectivity index (χ0n) is 14.4. The van der Waals surface area contributed by atoms with E-state index in [9.17, 15) is 14.7 Å². The van der Waals surface area contributed by atoms with Gasteiger partial charge < -0.3 is 19.9 Å². The number of hydrogen-bond acceptors (Lipinski definition) is 5. The number of likely N-dealkylation sites (tertiary alicyclic amines) is 1. The van der Waals surface area contributed by atoms with E-state index in [4.69, 9.17) is 9.47 Å². The number of carboxylic acid groups (broad SMARTS) is 1. The smallest absolute Gasteiger partial charge is 0.407 e. The lowest BCUT2D eigenvalue weighted by atomic mass is 9.98. The Morgan fingerprint density at radius 3 is 2.46 bits per heavy atom. The fourth-order valence-electron chi connectivity index (χ4n) is 2.67. The Bertz CT molecular complexity index is 605. The van der Waals surface area contributed by atoms with Crippen molar-refractivity contribution in [1.29, 1.82) is 0 Å². The molecule has 7 heteroatoms. The summed E-state index contributed by atoms with van der Waals surface area (Å²) >= 11 is 0. The molecule has 1 heterocycles. The lowest BCUT2D eigenvalue weighted by molar-refractivity contribution is -0.145. The van der Waals surface area contributed by atoms with Crippen LogP contribution in [-0.4, -0.2) is 53.9 Å². The summed E-state index contributed by atoms with van der Waals surface area (Å²) < 4.78 is 10.5. The van der Waals surface area contributed by atoms with E-state index in [0.717, 1.165) is 0 Å². The number of benzene rings is 1. The number of amides is 1. The first-order chi connectivity index (χ1) is 11.2. The van der Waals surface area contributed by atoms with Crippen LogP contribution >= 0.6 is 0 Å². The summed E-state index contributed by atoms with van der Waals surface area (Å²) in [4.78, 5) is 25.2. The second-order valence-corrected chi connectivity index (χ2v) is 6.78. The maximum Gasteiger partial charge on any atom is 0.407 e. The number of para-hydroxylation sites is 1. The van der Waals surface area contributed by atoms with Crippen molar-refractivity contribution in [3.8, 4) is 5.75 Å². The number of aliphatic carboxylic acids is 1. The van der Waals surface area contributed by atoms with Crippen LogP contribution in [0, 0.1) is 0 Å². The van der Waals surface area contributed by atoms with Crippen molar-refractivity contribution in [3.05, 3.63) is 29.8 Å². The van der Waals surface area contributed by atoms with Gasteiger partial charge in [-0.2, -0.15) is 0 Å². The van der Waals surface area contributed by atoms with Gasteiger partial charge in [-0.1, -0.05) is 18.2 Å². The molecule has 1 fully saturated rings. The molecule has 2 N–H and O–H groups in total. The Morgan fingerprint density at radius 1 is 1.29 bits per heavy atom. The molecule has 1 amide bonds. The zero-order valence-corrected chi connectivity index (χ0v) is 14.4. The maximum absolute atomic E-state index is 11.8. The molecule has 0 aromatic heterocycles. The molecule has 132 valence electrons. The Hall–Kier alpha value is -2.28. The van der Waals surface area contributed by atoms with Gasteiger partial charge in [0.15, 0.2) is 0 Å². The van der Waals surface area contributed by atoms with Gasteiger partial charge in [0.05, 0.1) is 13.2 Å². The van der Waals surface area contributed by atoms with E-state index in [1.165, 1.54) is 7.11 Å². The Kier molecular flexibility index (Phi) is 5.33. The summed E-state index contributed by atoms with van der Waals surface area (Å²) in [5.41, 5.74) is 0.0392. The van der Waals surface area contributed by atoms with Crippen LogP contribution < -0.4 is 10.1 Å². The number of rotatable bonds is 5. The molecule has 2 rings (SSSR count). The van der Waals surface area contributed by atoms with Gasteiger partial charge in [0.25, 0.3) is 0 Å². The van der Waals surface area contributed by atoms with Crippen molar-refractivity contribution >= 4 is 12.1 Å². The van der Waals surface area contributed by atoms with E-state index in [1.807, 2.05) is 0 Å². The molecule has 0 saturated carbocycles. The summed E-state index contributed by atoms with van der Waals surface area (Å²) in [6.07, 6.45) is -0.490. The molecule has 7 nitrogen and oxygen atoms in total.